The van der Waals surface area contributed by atoms with Gasteiger partial charge in [0.15, 0.2) is 0 Å². The molecule has 0 aliphatic carbocycles. The van der Waals surface area contributed by atoms with Crippen molar-refractivity contribution in [3.8, 4) is 0 Å². The second-order valence-electron chi connectivity index (χ2n) is 3.92. The molecular weight excluding hydrogens is 199 g/mol. The van der Waals surface area contributed by atoms with Crippen molar-refractivity contribution in [3.63, 3.8) is 0 Å². The zero-order chi connectivity index (χ0) is 11.4. The molecule has 0 saturated carbocycles. The van der Waals surface area contributed by atoms with E-state index in [0.717, 1.165) is 19.5 Å². The van der Waals surface area contributed by atoms with E-state index >= 15 is 0 Å². The van der Waals surface area contributed by atoms with E-state index in [4.69, 9.17) is 9.47 Å². The molecule has 0 radical (unpaired) electrons. The Balaban J connectivity index is 2.32. The summed E-state index contributed by atoms with van der Waals surface area (Å²) >= 11 is 0. The normalized spacial score (nSPS) is 21.6. The van der Waals surface area contributed by atoms with Crippen molar-refractivity contribution in [2.24, 2.45) is 0 Å². The molecule has 1 heterocycles. The lowest BCUT2D eigenvalue weighted by Crippen LogP contribution is -2.29. The standard InChI is InChI=1S/C13H17BO2/c1-3-10-6-4-5-7-12(10)13(14-2)16-9-11-8-15-11/h3-7,11,14H,8-9H2,1-2H3/b10-3-,13-12+. The average molecular weight is 216 g/mol. The van der Waals surface area contributed by atoms with Gasteiger partial charge in [-0.1, -0.05) is 37.2 Å². The molecule has 1 aliphatic heterocycles. The monoisotopic (exact) mass is 216 g/mol. The van der Waals surface area contributed by atoms with Crippen LogP contribution in [-0.2, 0) is 9.47 Å². The lowest BCUT2D eigenvalue weighted by molar-refractivity contribution is 0.238. The molecule has 0 N–H and O–H groups in total. The van der Waals surface area contributed by atoms with Gasteiger partial charge in [0.1, 0.15) is 12.7 Å². The Morgan fingerprint density at radius 2 is 2.31 bits per heavy atom. The van der Waals surface area contributed by atoms with Crippen LogP contribution < -0.4 is 10.4 Å². The van der Waals surface area contributed by atoms with Crippen LogP contribution in [-0.4, -0.2) is 26.6 Å². The molecule has 2 nitrogen and oxygen atoms in total. The summed E-state index contributed by atoms with van der Waals surface area (Å²) in [5, 5.41) is 2.43. The van der Waals surface area contributed by atoms with Gasteiger partial charge >= 0.3 is 0 Å². The SMILES string of the molecule is CB/C(OCC1CO1)=c1/cccc/c1=C/C. The first-order chi connectivity index (χ1) is 7.85. The Bertz CT molecular complexity index is 463. The average Bonchev–Trinajstić information content (AvgIpc) is 3.14. The number of epoxide rings is 1. The Hall–Kier alpha value is -1.22. The van der Waals surface area contributed by atoms with Crippen molar-refractivity contribution < 1.29 is 9.47 Å². The van der Waals surface area contributed by atoms with E-state index in [1.54, 1.807) is 0 Å². The van der Waals surface area contributed by atoms with E-state index in [1.807, 2.05) is 0 Å². The van der Waals surface area contributed by atoms with Crippen molar-refractivity contribution >= 4 is 19.0 Å². The number of ether oxygens (including phenoxy) is 2. The maximum Gasteiger partial charge on any atom is 0.201 e. The van der Waals surface area contributed by atoms with Gasteiger partial charge < -0.3 is 9.47 Å². The third-order valence-electron chi connectivity index (χ3n) is 2.74. The van der Waals surface area contributed by atoms with Crippen molar-refractivity contribution in [3.05, 3.63) is 34.7 Å². The molecule has 0 amide bonds. The Morgan fingerprint density at radius 3 is 2.94 bits per heavy atom. The van der Waals surface area contributed by atoms with Gasteiger partial charge in [-0.15, -0.1) is 0 Å². The van der Waals surface area contributed by atoms with Crippen LogP contribution in [0.25, 0.3) is 11.7 Å². The predicted molar refractivity (Wildman–Crippen MR) is 67.9 cm³/mol. The molecule has 1 fully saturated rings. The maximum atomic E-state index is 5.82. The first kappa shape index (κ1) is 11.3. The summed E-state index contributed by atoms with van der Waals surface area (Å²) in [5.74, 6) is 0. The van der Waals surface area contributed by atoms with E-state index in [9.17, 15) is 0 Å². The van der Waals surface area contributed by atoms with Crippen LogP contribution >= 0.6 is 0 Å². The summed E-state index contributed by atoms with van der Waals surface area (Å²) in [6.07, 6.45) is 2.43. The van der Waals surface area contributed by atoms with Crippen LogP contribution in [0, 0.1) is 0 Å². The van der Waals surface area contributed by atoms with Gasteiger partial charge in [-0.3, -0.25) is 0 Å². The third kappa shape index (κ3) is 2.67. The number of hydrogen-bond donors (Lipinski definition) is 0. The molecule has 16 heavy (non-hydrogen) atoms. The molecule has 1 atom stereocenters. The van der Waals surface area contributed by atoms with Gasteiger partial charge in [0.2, 0.25) is 7.28 Å². The highest BCUT2D eigenvalue weighted by molar-refractivity contribution is 6.55. The first-order valence-corrected chi connectivity index (χ1v) is 5.84. The van der Waals surface area contributed by atoms with Crippen LogP contribution in [0.2, 0.25) is 6.82 Å². The molecule has 0 bridgehead atoms. The van der Waals surface area contributed by atoms with Gasteiger partial charge in [0.05, 0.1) is 12.3 Å². The molecule has 3 heteroatoms. The topological polar surface area (TPSA) is 21.8 Å². The Morgan fingerprint density at radius 1 is 1.56 bits per heavy atom. The highest BCUT2D eigenvalue weighted by Crippen LogP contribution is 2.10. The van der Waals surface area contributed by atoms with E-state index < -0.39 is 0 Å². The third-order valence-corrected chi connectivity index (χ3v) is 2.74. The summed E-state index contributed by atoms with van der Waals surface area (Å²) in [6.45, 7) is 5.70. The number of benzene rings is 1. The lowest BCUT2D eigenvalue weighted by atomic mass is 9.78. The summed E-state index contributed by atoms with van der Waals surface area (Å²) in [5.41, 5.74) is 1.06. The largest absolute Gasteiger partial charge is 0.505 e. The number of rotatable bonds is 4. The molecule has 0 aromatic heterocycles. The highest BCUT2D eigenvalue weighted by Gasteiger charge is 2.23. The minimum absolute atomic E-state index is 0.319. The minimum atomic E-state index is 0.319. The maximum absolute atomic E-state index is 5.82. The molecule has 1 aromatic carbocycles. The fourth-order valence-electron chi connectivity index (χ4n) is 1.73. The molecule has 1 aliphatic rings. The molecule has 1 unspecified atom stereocenters. The second-order valence-corrected chi connectivity index (χ2v) is 3.92. The Labute approximate surface area is 96.8 Å². The van der Waals surface area contributed by atoms with Crippen molar-refractivity contribution in [1.82, 2.24) is 0 Å². The minimum Gasteiger partial charge on any atom is -0.505 e. The van der Waals surface area contributed by atoms with Gasteiger partial charge in [0, 0.05) is 5.22 Å². The highest BCUT2D eigenvalue weighted by atomic mass is 16.6. The van der Waals surface area contributed by atoms with E-state index in [1.165, 1.54) is 10.4 Å². The fourth-order valence-corrected chi connectivity index (χ4v) is 1.73. The van der Waals surface area contributed by atoms with Crippen LogP contribution in [0.4, 0.5) is 0 Å². The quantitative estimate of drug-likeness (QED) is 0.538. The molecule has 0 spiro atoms. The van der Waals surface area contributed by atoms with Crippen molar-refractivity contribution in [1.29, 1.82) is 0 Å². The zero-order valence-electron chi connectivity index (χ0n) is 9.90. The molecule has 1 aromatic rings. The molecular formula is C13H17BO2. The van der Waals surface area contributed by atoms with Gasteiger partial charge in [-0.25, -0.2) is 0 Å². The van der Waals surface area contributed by atoms with Crippen molar-refractivity contribution in [2.45, 2.75) is 19.9 Å². The summed E-state index contributed by atoms with van der Waals surface area (Å²) in [7, 11) is 0.914. The molecule has 1 saturated heterocycles. The summed E-state index contributed by atoms with van der Waals surface area (Å²) in [6, 6.07) is 8.33. The summed E-state index contributed by atoms with van der Waals surface area (Å²) in [4.78, 5) is 0. The van der Waals surface area contributed by atoms with Gasteiger partial charge in [0.25, 0.3) is 0 Å². The first-order valence-electron chi connectivity index (χ1n) is 5.84. The molecule has 2 rings (SSSR count). The van der Waals surface area contributed by atoms with E-state index in [2.05, 4.69) is 44.1 Å². The smallest absolute Gasteiger partial charge is 0.201 e. The van der Waals surface area contributed by atoms with E-state index in [-0.39, 0.29) is 0 Å². The van der Waals surface area contributed by atoms with Gasteiger partial charge in [-0.05, 0) is 12.1 Å². The predicted octanol–water partition coefficient (Wildman–Crippen LogP) is 0.453. The van der Waals surface area contributed by atoms with Crippen molar-refractivity contribution in [2.75, 3.05) is 13.2 Å². The van der Waals surface area contributed by atoms with Gasteiger partial charge in [-0.2, -0.15) is 0 Å². The van der Waals surface area contributed by atoms with Crippen LogP contribution in [0.1, 0.15) is 6.92 Å². The van der Waals surface area contributed by atoms with Crippen LogP contribution in [0.15, 0.2) is 24.3 Å². The molecule has 84 valence electrons. The van der Waals surface area contributed by atoms with Crippen LogP contribution in [0.3, 0.4) is 0 Å². The lowest BCUT2D eigenvalue weighted by Gasteiger charge is -2.07. The summed E-state index contributed by atoms with van der Waals surface area (Å²) < 4.78 is 11.0. The fraction of sp³-hybridized carbons (Fsp3) is 0.385. The second kappa shape index (κ2) is 5.22. The number of hydrogen-bond acceptors (Lipinski definition) is 2. The van der Waals surface area contributed by atoms with E-state index in [0.29, 0.717) is 12.7 Å². The zero-order valence-corrected chi connectivity index (χ0v) is 9.90. The Kier molecular flexibility index (Phi) is 3.68. The van der Waals surface area contributed by atoms with Crippen LogP contribution in [0.5, 0.6) is 0 Å².